The van der Waals surface area contributed by atoms with E-state index in [2.05, 4.69) is 5.10 Å². The zero-order valence-electron chi connectivity index (χ0n) is 13.9. The van der Waals surface area contributed by atoms with Crippen LogP contribution in [-0.2, 0) is 4.74 Å². The van der Waals surface area contributed by atoms with E-state index >= 15 is 0 Å². The van der Waals surface area contributed by atoms with Crippen molar-refractivity contribution in [2.24, 2.45) is 0 Å². The van der Waals surface area contributed by atoms with Crippen molar-refractivity contribution >= 4 is 11.8 Å². The number of carbonyl (C=O) groups is 2. The molecule has 1 aromatic heterocycles. The maximum absolute atomic E-state index is 13.2. The highest BCUT2D eigenvalue weighted by Crippen LogP contribution is 2.20. The number of ketones is 1. The Balaban J connectivity index is 1.73. The van der Waals surface area contributed by atoms with Crippen molar-refractivity contribution in [3.8, 4) is 11.4 Å². The molecule has 0 atom stereocenters. The molecule has 26 heavy (non-hydrogen) atoms. The van der Waals surface area contributed by atoms with Crippen LogP contribution in [0.3, 0.4) is 0 Å². The molecule has 0 radical (unpaired) electrons. The Labute approximate surface area is 148 Å². The summed E-state index contributed by atoms with van der Waals surface area (Å²) in [7, 11) is 1.40. The van der Waals surface area contributed by atoms with Crippen LogP contribution in [0.25, 0.3) is 5.69 Å². The minimum absolute atomic E-state index is 0.0524. The molecule has 6 nitrogen and oxygen atoms in total. The first kappa shape index (κ1) is 17.3. The number of halogens is 1. The van der Waals surface area contributed by atoms with E-state index in [-0.39, 0.29) is 17.0 Å². The topological polar surface area (TPSA) is 70.4 Å². The maximum atomic E-state index is 13.2. The van der Waals surface area contributed by atoms with E-state index in [1.807, 2.05) is 30.3 Å². The first-order valence-corrected chi connectivity index (χ1v) is 7.73. The van der Waals surface area contributed by atoms with Crippen LogP contribution in [0.2, 0.25) is 0 Å². The predicted octanol–water partition coefficient (Wildman–Crippen LogP) is 3.06. The van der Waals surface area contributed by atoms with Crippen molar-refractivity contribution in [1.82, 2.24) is 9.78 Å². The molecule has 0 N–H and O–H groups in total. The second-order valence-corrected chi connectivity index (χ2v) is 5.34. The number of methoxy groups -OCH3 is 1. The molecule has 0 spiro atoms. The number of aromatic nitrogens is 2. The molecule has 0 unspecified atom stereocenters. The summed E-state index contributed by atoms with van der Waals surface area (Å²) in [5.74, 6) is -1.64. The van der Waals surface area contributed by atoms with E-state index in [1.165, 1.54) is 30.0 Å². The zero-order valence-corrected chi connectivity index (χ0v) is 13.9. The quantitative estimate of drug-likeness (QED) is 0.503. The van der Waals surface area contributed by atoms with Crippen molar-refractivity contribution in [1.29, 1.82) is 0 Å². The van der Waals surface area contributed by atoms with Crippen LogP contribution in [0.15, 0.2) is 60.8 Å². The third-order valence-electron chi connectivity index (χ3n) is 3.60. The molecule has 0 aliphatic heterocycles. The number of ether oxygens (including phenoxy) is 2. The van der Waals surface area contributed by atoms with E-state index in [0.717, 1.165) is 11.8 Å². The summed E-state index contributed by atoms with van der Waals surface area (Å²) in [6, 6.07) is 14.3. The van der Waals surface area contributed by atoms with Crippen LogP contribution in [0, 0.1) is 5.82 Å². The van der Waals surface area contributed by atoms with Gasteiger partial charge >= 0.3 is 5.97 Å². The Morgan fingerprint density at radius 2 is 1.88 bits per heavy atom. The number of rotatable bonds is 6. The van der Waals surface area contributed by atoms with Crippen molar-refractivity contribution in [2.75, 3.05) is 13.7 Å². The van der Waals surface area contributed by atoms with Crippen molar-refractivity contribution in [3.05, 3.63) is 77.9 Å². The largest absolute Gasteiger partial charge is 0.493 e. The lowest BCUT2D eigenvalue weighted by molar-refractivity contribution is 0.0465. The Kier molecular flexibility index (Phi) is 5.07. The summed E-state index contributed by atoms with van der Waals surface area (Å²) in [5.41, 5.74) is 0.809. The highest BCUT2D eigenvalue weighted by Gasteiger charge is 2.21. The molecule has 7 heteroatoms. The fraction of sp³-hybridized carbons (Fsp3) is 0.105. The van der Waals surface area contributed by atoms with Crippen LogP contribution < -0.4 is 4.74 Å². The number of hydrogen-bond donors (Lipinski definition) is 0. The monoisotopic (exact) mass is 354 g/mol. The van der Waals surface area contributed by atoms with Gasteiger partial charge in [0.15, 0.2) is 18.1 Å². The summed E-state index contributed by atoms with van der Waals surface area (Å²) in [5, 5.41) is 4.16. The molecular weight excluding hydrogens is 339 g/mol. The van der Waals surface area contributed by atoms with Gasteiger partial charge in [0.25, 0.3) is 0 Å². The lowest BCUT2D eigenvalue weighted by Crippen LogP contribution is -2.15. The second kappa shape index (κ2) is 7.60. The van der Waals surface area contributed by atoms with Crippen molar-refractivity contribution < 1.29 is 23.5 Å². The third kappa shape index (κ3) is 3.77. The molecule has 3 rings (SSSR count). The smallest absolute Gasteiger partial charge is 0.363 e. The average molecular weight is 354 g/mol. The van der Waals surface area contributed by atoms with Crippen LogP contribution >= 0.6 is 0 Å². The van der Waals surface area contributed by atoms with Gasteiger partial charge in [0.1, 0.15) is 5.82 Å². The number of Topliss-reactive ketones (excluding diaryl/α,β-unsaturated/α-hetero) is 1. The minimum Gasteiger partial charge on any atom is -0.493 e. The van der Waals surface area contributed by atoms with Gasteiger partial charge in [0.05, 0.1) is 19.0 Å². The predicted molar refractivity (Wildman–Crippen MR) is 91.1 cm³/mol. The lowest BCUT2D eigenvalue weighted by atomic mass is 10.1. The van der Waals surface area contributed by atoms with E-state index in [1.54, 1.807) is 6.20 Å². The Hall–Kier alpha value is -3.48. The molecule has 0 amide bonds. The van der Waals surface area contributed by atoms with E-state index in [9.17, 15) is 14.0 Å². The SMILES string of the molecule is COc1cn(-c2ccccc2)nc1C(=O)OCC(=O)c1cccc(F)c1. The summed E-state index contributed by atoms with van der Waals surface area (Å²) in [6.45, 7) is -0.524. The van der Waals surface area contributed by atoms with Gasteiger partial charge in [0, 0.05) is 5.56 Å². The fourth-order valence-corrected chi connectivity index (χ4v) is 2.31. The molecule has 0 saturated carbocycles. The number of esters is 1. The lowest BCUT2D eigenvalue weighted by Gasteiger charge is -2.04. The van der Waals surface area contributed by atoms with Gasteiger partial charge in [-0.2, -0.15) is 5.10 Å². The van der Waals surface area contributed by atoms with Crippen molar-refractivity contribution in [3.63, 3.8) is 0 Å². The number of hydrogen-bond acceptors (Lipinski definition) is 5. The van der Waals surface area contributed by atoms with Crippen LogP contribution in [-0.4, -0.2) is 35.2 Å². The zero-order chi connectivity index (χ0) is 18.5. The van der Waals surface area contributed by atoms with Gasteiger partial charge in [-0.3, -0.25) is 4.79 Å². The van der Waals surface area contributed by atoms with Gasteiger partial charge < -0.3 is 9.47 Å². The minimum atomic E-state index is -0.804. The average Bonchev–Trinajstić information content (AvgIpc) is 3.11. The van der Waals surface area contributed by atoms with Gasteiger partial charge in [-0.15, -0.1) is 0 Å². The number of carbonyl (C=O) groups excluding carboxylic acids is 2. The molecule has 0 aliphatic rings. The molecular formula is C19H15FN2O4. The fourth-order valence-electron chi connectivity index (χ4n) is 2.31. The Morgan fingerprint density at radius 3 is 2.58 bits per heavy atom. The standard InChI is InChI=1S/C19H15FN2O4/c1-25-17-11-22(15-8-3-2-4-9-15)21-18(17)19(24)26-12-16(23)13-6-5-7-14(20)10-13/h2-11H,12H2,1H3. The van der Waals surface area contributed by atoms with Gasteiger partial charge in [-0.05, 0) is 24.3 Å². The Bertz CT molecular complexity index is 938. The summed E-state index contributed by atoms with van der Waals surface area (Å²) < 4.78 is 24.8. The van der Waals surface area contributed by atoms with Crippen LogP contribution in [0.4, 0.5) is 4.39 Å². The normalized spacial score (nSPS) is 10.4. The first-order chi connectivity index (χ1) is 12.6. The highest BCUT2D eigenvalue weighted by atomic mass is 19.1. The van der Waals surface area contributed by atoms with Gasteiger partial charge in [0.2, 0.25) is 5.69 Å². The number of benzene rings is 2. The number of nitrogens with zero attached hydrogens (tertiary/aromatic N) is 2. The summed E-state index contributed by atoms with van der Waals surface area (Å²) in [4.78, 5) is 24.3. The van der Waals surface area contributed by atoms with Crippen LogP contribution in [0.5, 0.6) is 5.75 Å². The molecule has 0 bridgehead atoms. The molecule has 0 saturated heterocycles. The van der Waals surface area contributed by atoms with E-state index in [4.69, 9.17) is 9.47 Å². The van der Waals surface area contributed by atoms with Crippen molar-refractivity contribution in [2.45, 2.75) is 0 Å². The molecule has 1 heterocycles. The van der Waals surface area contributed by atoms with Gasteiger partial charge in [-0.1, -0.05) is 30.3 Å². The number of para-hydroxylation sites is 1. The molecule has 0 fully saturated rings. The van der Waals surface area contributed by atoms with Gasteiger partial charge in [-0.25, -0.2) is 13.9 Å². The Morgan fingerprint density at radius 1 is 1.12 bits per heavy atom. The molecule has 0 aliphatic carbocycles. The first-order valence-electron chi connectivity index (χ1n) is 7.73. The highest BCUT2D eigenvalue weighted by molar-refractivity contribution is 5.99. The molecule has 132 valence electrons. The van der Waals surface area contributed by atoms with E-state index in [0.29, 0.717) is 0 Å². The second-order valence-electron chi connectivity index (χ2n) is 5.34. The summed E-state index contributed by atoms with van der Waals surface area (Å²) >= 11 is 0. The third-order valence-corrected chi connectivity index (χ3v) is 3.60. The molecule has 2 aromatic carbocycles. The van der Waals surface area contributed by atoms with Crippen LogP contribution in [0.1, 0.15) is 20.8 Å². The van der Waals surface area contributed by atoms with E-state index < -0.39 is 24.2 Å². The summed E-state index contributed by atoms with van der Waals surface area (Å²) in [6.07, 6.45) is 1.54. The maximum Gasteiger partial charge on any atom is 0.363 e. The molecule has 3 aromatic rings.